The number of rotatable bonds is 7. The minimum atomic E-state index is -3.77. The summed E-state index contributed by atoms with van der Waals surface area (Å²) >= 11 is 0. The van der Waals surface area contributed by atoms with Gasteiger partial charge >= 0.3 is 0 Å². The highest BCUT2D eigenvalue weighted by Gasteiger charge is 2.29. The third kappa shape index (κ3) is 5.19. The van der Waals surface area contributed by atoms with Gasteiger partial charge in [-0.3, -0.25) is 4.79 Å². The lowest BCUT2D eigenvalue weighted by Gasteiger charge is -2.27. The molecular weight excluding hydrogens is 404 g/mol. The summed E-state index contributed by atoms with van der Waals surface area (Å²) in [5.41, 5.74) is 3.62. The number of aryl methyl sites for hydroxylation is 2. The van der Waals surface area contributed by atoms with Gasteiger partial charge in [-0.25, -0.2) is 8.42 Å². The van der Waals surface area contributed by atoms with Gasteiger partial charge in [0.1, 0.15) is 10.6 Å². The van der Waals surface area contributed by atoms with E-state index in [0.29, 0.717) is 25.5 Å². The number of morpholine rings is 1. The molecule has 0 saturated carbocycles. The van der Waals surface area contributed by atoms with Crippen LogP contribution < -0.4 is 10.1 Å². The van der Waals surface area contributed by atoms with E-state index in [-0.39, 0.29) is 36.1 Å². The molecular formula is C22H28N2O5S. The highest BCUT2D eigenvalue weighted by atomic mass is 32.2. The maximum atomic E-state index is 13.2. The fraction of sp³-hybridized carbons (Fsp3) is 0.409. The molecule has 1 saturated heterocycles. The van der Waals surface area contributed by atoms with Gasteiger partial charge in [-0.15, -0.1) is 0 Å². The van der Waals surface area contributed by atoms with E-state index in [4.69, 9.17) is 9.47 Å². The van der Waals surface area contributed by atoms with Crippen LogP contribution in [0.4, 0.5) is 5.69 Å². The van der Waals surface area contributed by atoms with Crippen molar-refractivity contribution in [3.63, 3.8) is 0 Å². The first-order valence-electron chi connectivity index (χ1n) is 10.0. The highest BCUT2D eigenvalue weighted by Crippen LogP contribution is 2.30. The minimum Gasteiger partial charge on any atom is -0.492 e. The molecule has 1 heterocycles. The van der Waals surface area contributed by atoms with Crippen molar-refractivity contribution in [2.75, 3.05) is 38.2 Å². The Bertz CT molecular complexity index is 1010. The third-order valence-electron chi connectivity index (χ3n) is 5.05. The Hall–Kier alpha value is -2.42. The van der Waals surface area contributed by atoms with Crippen molar-refractivity contribution < 1.29 is 22.7 Å². The predicted molar refractivity (Wildman–Crippen MR) is 115 cm³/mol. The Morgan fingerprint density at radius 3 is 2.50 bits per heavy atom. The van der Waals surface area contributed by atoms with Crippen molar-refractivity contribution in [3.05, 3.63) is 53.1 Å². The van der Waals surface area contributed by atoms with E-state index in [9.17, 15) is 13.2 Å². The van der Waals surface area contributed by atoms with Gasteiger partial charge in [0.15, 0.2) is 0 Å². The van der Waals surface area contributed by atoms with E-state index in [1.165, 1.54) is 15.9 Å². The number of nitrogens with one attached hydrogen (secondary N) is 1. The molecule has 2 aromatic rings. The first kappa shape index (κ1) is 22.3. The second-order valence-corrected chi connectivity index (χ2v) is 9.16. The number of hydrogen-bond acceptors (Lipinski definition) is 5. The van der Waals surface area contributed by atoms with E-state index in [0.717, 1.165) is 11.1 Å². The van der Waals surface area contributed by atoms with Crippen molar-refractivity contribution in [2.45, 2.75) is 32.1 Å². The zero-order valence-electron chi connectivity index (χ0n) is 17.6. The van der Waals surface area contributed by atoms with Gasteiger partial charge in [0.25, 0.3) is 0 Å². The number of hydrogen-bond donors (Lipinski definition) is 1. The Morgan fingerprint density at radius 1 is 1.10 bits per heavy atom. The Kier molecular flexibility index (Phi) is 7.12. The van der Waals surface area contributed by atoms with Gasteiger partial charge in [0, 0.05) is 18.8 Å². The van der Waals surface area contributed by atoms with Crippen LogP contribution in [0.1, 0.15) is 23.6 Å². The molecule has 162 valence electrons. The first-order chi connectivity index (χ1) is 14.3. The molecule has 0 aromatic heterocycles. The number of anilines is 1. The molecule has 8 heteroatoms. The highest BCUT2D eigenvalue weighted by molar-refractivity contribution is 7.89. The molecule has 3 rings (SSSR count). The van der Waals surface area contributed by atoms with Crippen LogP contribution in [0.25, 0.3) is 0 Å². The van der Waals surface area contributed by atoms with E-state index in [2.05, 4.69) is 5.32 Å². The predicted octanol–water partition coefficient (Wildman–Crippen LogP) is 2.90. The minimum absolute atomic E-state index is 0.0511. The summed E-state index contributed by atoms with van der Waals surface area (Å²) in [7, 11) is -3.77. The number of ether oxygens (including phenoxy) is 2. The summed E-state index contributed by atoms with van der Waals surface area (Å²) in [4.78, 5) is 12.6. The summed E-state index contributed by atoms with van der Waals surface area (Å²) in [5, 5.41) is 2.81. The average Bonchev–Trinajstić information content (AvgIpc) is 2.72. The zero-order chi connectivity index (χ0) is 21.7. The summed E-state index contributed by atoms with van der Waals surface area (Å²) in [5.74, 6) is 0.0632. The molecule has 2 aromatic carbocycles. The van der Waals surface area contributed by atoms with E-state index in [1.54, 1.807) is 19.1 Å². The molecule has 1 fully saturated rings. The molecule has 0 atom stereocenters. The molecule has 30 heavy (non-hydrogen) atoms. The van der Waals surface area contributed by atoms with Crippen molar-refractivity contribution in [2.24, 2.45) is 0 Å². The normalized spacial score (nSPS) is 15.0. The van der Waals surface area contributed by atoms with E-state index in [1.807, 2.05) is 32.0 Å². The SMILES string of the molecule is CCOc1ccc(NC(=O)Cc2ccc(C)c(C)c2)cc1S(=O)(=O)N1CCOCC1. The number of carbonyl (C=O) groups is 1. The molecule has 0 aliphatic carbocycles. The number of nitrogens with zero attached hydrogens (tertiary/aromatic N) is 1. The smallest absolute Gasteiger partial charge is 0.246 e. The van der Waals surface area contributed by atoms with Crippen molar-refractivity contribution in [3.8, 4) is 5.75 Å². The van der Waals surface area contributed by atoms with Crippen molar-refractivity contribution >= 4 is 21.6 Å². The fourth-order valence-electron chi connectivity index (χ4n) is 3.29. The number of carbonyl (C=O) groups excluding carboxylic acids is 1. The quantitative estimate of drug-likeness (QED) is 0.727. The largest absolute Gasteiger partial charge is 0.492 e. The third-order valence-corrected chi connectivity index (χ3v) is 6.97. The Labute approximate surface area is 178 Å². The van der Waals surface area contributed by atoms with Crippen LogP contribution in [0.2, 0.25) is 0 Å². The molecule has 0 bridgehead atoms. The summed E-state index contributed by atoms with van der Waals surface area (Å²) < 4.78 is 38.5. The summed E-state index contributed by atoms with van der Waals surface area (Å²) in [6.45, 7) is 7.45. The van der Waals surface area contributed by atoms with Crippen LogP contribution in [0, 0.1) is 13.8 Å². The zero-order valence-corrected chi connectivity index (χ0v) is 18.4. The van der Waals surface area contributed by atoms with Gasteiger partial charge in [-0.2, -0.15) is 4.31 Å². The lowest BCUT2D eigenvalue weighted by Crippen LogP contribution is -2.40. The monoisotopic (exact) mass is 432 g/mol. The van der Waals surface area contributed by atoms with Crippen LogP contribution in [0.5, 0.6) is 5.75 Å². The van der Waals surface area contributed by atoms with Gasteiger partial charge in [0.2, 0.25) is 15.9 Å². The average molecular weight is 433 g/mol. The number of amides is 1. The molecule has 1 aliphatic heterocycles. The lowest BCUT2D eigenvalue weighted by atomic mass is 10.0. The van der Waals surface area contributed by atoms with Crippen LogP contribution in [-0.2, 0) is 26.0 Å². The topological polar surface area (TPSA) is 84.9 Å². The molecule has 1 amide bonds. The fourth-order valence-corrected chi connectivity index (χ4v) is 4.86. The lowest BCUT2D eigenvalue weighted by molar-refractivity contribution is -0.115. The Balaban J connectivity index is 1.82. The summed E-state index contributed by atoms with van der Waals surface area (Å²) in [6.07, 6.45) is 0.208. The molecule has 1 aliphatic rings. The molecule has 0 unspecified atom stereocenters. The molecule has 7 nitrogen and oxygen atoms in total. The summed E-state index contributed by atoms with van der Waals surface area (Å²) in [6, 6.07) is 10.6. The van der Waals surface area contributed by atoms with E-state index >= 15 is 0 Å². The number of sulfonamides is 1. The van der Waals surface area contributed by atoms with Crippen LogP contribution >= 0.6 is 0 Å². The van der Waals surface area contributed by atoms with Crippen LogP contribution in [-0.4, -0.2) is 51.5 Å². The second kappa shape index (κ2) is 9.59. The second-order valence-electron chi connectivity index (χ2n) is 7.25. The maximum Gasteiger partial charge on any atom is 0.246 e. The number of benzene rings is 2. The van der Waals surface area contributed by atoms with E-state index < -0.39 is 10.0 Å². The first-order valence-corrected chi connectivity index (χ1v) is 11.5. The standard InChI is InChI=1S/C22H28N2O5S/c1-4-29-20-8-7-19(15-21(20)30(26,27)24-9-11-28-12-10-24)23-22(25)14-18-6-5-16(2)17(3)13-18/h5-8,13,15H,4,9-12,14H2,1-3H3,(H,23,25). The van der Waals surface area contributed by atoms with Gasteiger partial charge in [-0.1, -0.05) is 18.2 Å². The van der Waals surface area contributed by atoms with Crippen molar-refractivity contribution in [1.29, 1.82) is 0 Å². The van der Waals surface area contributed by atoms with Crippen LogP contribution in [0.15, 0.2) is 41.3 Å². The van der Waals surface area contributed by atoms with Gasteiger partial charge in [0.05, 0.1) is 26.2 Å². The molecule has 1 N–H and O–H groups in total. The maximum absolute atomic E-state index is 13.2. The molecule has 0 radical (unpaired) electrons. The van der Waals surface area contributed by atoms with Crippen LogP contribution in [0.3, 0.4) is 0 Å². The van der Waals surface area contributed by atoms with Crippen molar-refractivity contribution in [1.82, 2.24) is 4.31 Å². The van der Waals surface area contributed by atoms with Gasteiger partial charge in [-0.05, 0) is 55.7 Å². The molecule has 0 spiro atoms. The Morgan fingerprint density at radius 2 is 1.83 bits per heavy atom. The van der Waals surface area contributed by atoms with Gasteiger partial charge < -0.3 is 14.8 Å².